The van der Waals surface area contributed by atoms with Crippen LogP contribution in [0.15, 0.2) is 11.2 Å². The number of aromatic nitrogens is 2. The third kappa shape index (κ3) is 1.66. The Balaban J connectivity index is 3.05. The van der Waals surface area contributed by atoms with Crippen molar-refractivity contribution in [1.29, 1.82) is 0 Å². The minimum absolute atomic E-state index is 0.226. The number of rotatable bonds is 2. The maximum Gasteiger partial charge on any atom is 0.207 e. The molecule has 4 nitrogen and oxygen atoms in total. The van der Waals surface area contributed by atoms with E-state index in [1.807, 2.05) is 11.5 Å². The summed E-state index contributed by atoms with van der Waals surface area (Å²) in [4.78, 5) is 3.89. The summed E-state index contributed by atoms with van der Waals surface area (Å²) in [5, 5.41) is 0.226. The van der Waals surface area contributed by atoms with E-state index in [-0.39, 0.29) is 5.03 Å². The predicted octanol–water partition coefficient (Wildman–Crippen LogP) is 0.792. The molecule has 0 saturated heterocycles. The summed E-state index contributed by atoms with van der Waals surface area (Å²) < 4.78 is 21.0. The molecule has 1 aromatic heterocycles. The number of imidazole rings is 1. The molecule has 1 N–H and O–H groups in total. The highest BCUT2D eigenvalue weighted by Crippen LogP contribution is 2.04. The second-order valence-electron chi connectivity index (χ2n) is 2.16. The lowest BCUT2D eigenvalue weighted by atomic mass is 10.6. The van der Waals surface area contributed by atoms with Gasteiger partial charge < -0.3 is 9.12 Å². The maximum atomic E-state index is 10.5. The molecule has 0 aliphatic rings. The minimum atomic E-state index is -1.95. The summed E-state index contributed by atoms with van der Waals surface area (Å²) in [7, 11) is 0. The zero-order chi connectivity index (χ0) is 8.43. The maximum absolute atomic E-state index is 10.5. The Bertz CT molecular complexity index is 282. The number of aryl methyl sites for hydroxylation is 2. The van der Waals surface area contributed by atoms with E-state index in [4.69, 9.17) is 4.55 Å². The Morgan fingerprint density at radius 3 is 2.73 bits per heavy atom. The van der Waals surface area contributed by atoms with Gasteiger partial charge in [-0.1, -0.05) is 0 Å². The summed E-state index contributed by atoms with van der Waals surface area (Å²) in [5.74, 6) is 0.768. The van der Waals surface area contributed by atoms with Crippen molar-refractivity contribution in [2.45, 2.75) is 25.4 Å². The molecule has 0 radical (unpaired) electrons. The van der Waals surface area contributed by atoms with Gasteiger partial charge in [-0.25, -0.2) is 9.19 Å². The van der Waals surface area contributed by atoms with Gasteiger partial charge in [-0.15, -0.1) is 0 Å². The first-order valence-corrected chi connectivity index (χ1v) is 4.40. The topological polar surface area (TPSA) is 55.1 Å². The molecule has 62 valence electrons. The Kier molecular flexibility index (Phi) is 2.41. The molecule has 11 heavy (non-hydrogen) atoms. The van der Waals surface area contributed by atoms with Crippen molar-refractivity contribution in [3.63, 3.8) is 0 Å². The molecule has 0 fully saturated rings. The van der Waals surface area contributed by atoms with Crippen LogP contribution in [0.5, 0.6) is 0 Å². The van der Waals surface area contributed by atoms with Crippen LogP contribution in [-0.4, -0.2) is 18.3 Å². The second-order valence-corrected chi connectivity index (χ2v) is 3.08. The highest BCUT2D eigenvalue weighted by atomic mass is 32.2. The third-order valence-corrected chi connectivity index (χ3v) is 2.03. The van der Waals surface area contributed by atoms with Gasteiger partial charge in [0.25, 0.3) is 0 Å². The van der Waals surface area contributed by atoms with Gasteiger partial charge in [0.2, 0.25) is 11.1 Å². The lowest BCUT2D eigenvalue weighted by Gasteiger charge is -1.95. The number of hydrogen-bond acceptors (Lipinski definition) is 2. The lowest BCUT2D eigenvalue weighted by molar-refractivity contribution is 0.561. The molecule has 1 heterocycles. The van der Waals surface area contributed by atoms with Gasteiger partial charge in [0.05, 0.1) is 0 Å². The SMILES string of the molecule is CCn1cc(S(=O)O)nc1C. The van der Waals surface area contributed by atoms with Crippen LogP contribution in [0.2, 0.25) is 0 Å². The van der Waals surface area contributed by atoms with Crippen molar-refractivity contribution in [1.82, 2.24) is 9.55 Å². The second kappa shape index (κ2) is 3.15. The van der Waals surface area contributed by atoms with Gasteiger partial charge in [0.15, 0.2) is 5.03 Å². The van der Waals surface area contributed by atoms with Crippen LogP contribution in [0.25, 0.3) is 0 Å². The van der Waals surface area contributed by atoms with E-state index >= 15 is 0 Å². The van der Waals surface area contributed by atoms with Crippen LogP contribution in [0.1, 0.15) is 12.7 Å². The first-order valence-electron chi connectivity index (χ1n) is 3.29. The van der Waals surface area contributed by atoms with Gasteiger partial charge in [-0.3, -0.25) is 0 Å². The summed E-state index contributed by atoms with van der Waals surface area (Å²) in [6, 6.07) is 0. The smallest absolute Gasteiger partial charge is 0.207 e. The fraction of sp³-hybridized carbons (Fsp3) is 0.500. The molecule has 0 spiro atoms. The molecule has 5 heteroatoms. The molecule has 1 unspecified atom stereocenters. The summed E-state index contributed by atoms with van der Waals surface area (Å²) in [6.07, 6.45) is 1.59. The van der Waals surface area contributed by atoms with Crippen LogP contribution < -0.4 is 0 Å². The van der Waals surface area contributed by atoms with Crippen molar-refractivity contribution >= 4 is 11.1 Å². The molecular weight excluding hydrogens is 164 g/mol. The summed E-state index contributed by atoms with van der Waals surface area (Å²) in [5.41, 5.74) is 0. The fourth-order valence-corrected chi connectivity index (χ4v) is 1.31. The predicted molar refractivity (Wildman–Crippen MR) is 41.7 cm³/mol. The molecule has 0 aromatic carbocycles. The van der Waals surface area contributed by atoms with Crippen LogP contribution in [0, 0.1) is 6.92 Å². The quantitative estimate of drug-likeness (QED) is 0.674. The van der Waals surface area contributed by atoms with Crippen molar-refractivity contribution in [2.75, 3.05) is 0 Å². The summed E-state index contributed by atoms with van der Waals surface area (Å²) in [6.45, 7) is 4.54. The monoisotopic (exact) mass is 174 g/mol. The summed E-state index contributed by atoms with van der Waals surface area (Å²) >= 11 is -1.95. The van der Waals surface area contributed by atoms with Crippen molar-refractivity contribution in [3.8, 4) is 0 Å². The minimum Gasteiger partial charge on any atom is -0.334 e. The molecule has 0 bridgehead atoms. The molecule has 1 rings (SSSR count). The molecular formula is C6H10N2O2S. The van der Waals surface area contributed by atoms with Gasteiger partial charge >= 0.3 is 0 Å². The van der Waals surface area contributed by atoms with E-state index < -0.39 is 11.1 Å². The molecule has 0 saturated carbocycles. The van der Waals surface area contributed by atoms with E-state index in [0.717, 1.165) is 12.4 Å². The van der Waals surface area contributed by atoms with E-state index in [1.54, 1.807) is 13.1 Å². The average Bonchev–Trinajstić information content (AvgIpc) is 2.31. The molecule has 1 atom stereocenters. The molecule has 0 aliphatic carbocycles. The molecule has 0 aliphatic heterocycles. The third-order valence-electron chi connectivity index (χ3n) is 1.47. The van der Waals surface area contributed by atoms with Crippen molar-refractivity contribution in [3.05, 3.63) is 12.0 Å². The van der Waals surface area contributed by atoms with E-state index in [9.17, 15) is 4.21 Å². The first kappa shape index (κ1) is 8.42. The first-order chi connectivity index (χ1) is 5.15. The Labute approximate surface area is 67.5 Å². The van der Waals surface area contributed by atoms with Crippen LogP contribution in [0.4, 0.5) is 0 Å². The highest BCUT2D eigenvalue weighted by Gasteiger charge is 2.06. The van der Waals surface area contributed by atoms with Gasteiger partial charge in [0.1, 0.15) is 5.82 Å². The van der Waals surface area contributed by atoms with E-state index in [1.165, 1.54) is 0 Å². The van der Waals surface area contributed by atoms with E-state index in [2.05, 4.69) is 4.98 Å². The lowest BCUT2D eigenvalue weighted by Crippen LogP contribution is -1.93. The molecule has 1 aromatic rings. The Morgan fingerprint density at radius 1 is 1.82 bits per heavy atom. The standard InChI is InChI=1S/C6H10N2O2S/c1-3-8-4-6(11(9)10)7-5(8)2/h4H,3H2,1-2H3,(H,9,10). The Morgan fingerprint density at radius 2 is 2.45 bits per heavy atom. The zero-order valence-electron chi connectivity index (χ0n) is 6.44. The van der Waals surface area contributed by atoms with Crippen LogP contribution in [-0.2, 0) is 17.6 Å². The van der Waals surface area contributed by atoms with Crippen molar-refractivity contribution in [2.24, 2.45) is 0 Å². The fourth-order valence-electron chi connectivity index (χ4n) is 0.884. The number of hydrogen-bond donors (Lipinski definition) is 1. The van der Waals surface area contributed by atoms with E-state index in [0.29, 0.717) is 0 Å². The van der Waals surface area contributed by atoms with Gasteiger partial charge in [0, 0.05) is 12.7 Å². The van der Waals surface area contributed by atoms with Crippen LogP contribution in [0.3, 0.4) is 0 Å². The van der Waals surface area contributed by atoms with Crippen molar-refractivity contribution < 1.29 is 8.76 Å². The Hall–Kier alpha value is -0.680. The normalized spacial score (nSPS) is 13.4. The largest absolute Gasteiger partial charge is 0.334 e. The van der Waals surface area contributed by atoms with Gasteiger partial charge in [-0.05, 0) is 13.8 Å². The molecule has 0 amide bonds. The number of nitrogens with zero attached hydrogens (tertiary/aromatic N) is 2. The highest BCUT2D eigenvalue weighted by molar-refractivity contribution is 7.79. The zero-order valence-corrected chi connectivity index (χ0v) is 7.26. The van der Waals surface area contributed by atoms with Crippen LogP contribution >= 0.6 is 0 Å². The average molecular weight is 174 g/mol. The van der Waals surface area contributed by atoms with Gasteiger partial charge in [-0.2, -0.15) is 0 Å².